The predicted molar refractivity (Wildman–Crippen MR) is 72.4 cm³/mol. The zero-order valence-electron chi connectivity index (χ0n) is 10.4. The minimum atomic E-state index is -1.74. The van der Waals surface area contributed by atoms with E-state index in [4.69, 9.17) is 4.43 Å². The third-order valence-electron chi connectivity index (χ3n) is 2.58. The Hall–Kier alpha value is -1.08. The van der Waals surface area contributed by atoms with Crippen LogP contribution in [0.15, 0.2) is 48.7 Å². The molecule has 0 saturated carbocycles. The molecule has 1 rings (SSSR count). The van der Waals surface area contributed by atoms with Crippen LogP contribution in [-0.4, -0.2) is 14.9 Å². The molecule has 0 radical (unpaired) electrons. The summed E-state index contributed by atoms with van der Waals surface area (Å²) in [5.41, 5.74) is 2.80. The largest absolute Gasteiger partial charge is 0.412 e. The molecule has 0 spiro atoms. The maximum absolute atomic E-state index is 6.07. The Morgan fingerprint density at radius 1 is 1.38 bits per heavy atom. The lowest BCUT2D eigenvalue weighted by atomic mass is 10.2. The summed E-state index contributed by atoms with van der Waals surface area (Å²) >= 11 is 0. The lowest BCUT2D eigenvalue weighted by Gasteiger charge is -2.24. The summed E-state index contributed by atoms with van der Waals surface area (Å²) in [6.45, 7) is 10.9. The molecule has 0 aromatic heterocycles. The molecule has 86 valence electrons. The van der Waals surface area contributed by atoms with Crippen LogP contribution in [0.25, 0.3) is 0 Å². The van der Waals surface area contributed by atoms with E-state index in [9.17, 15) is 0 Å². The molecule has 0 unspecified atom stereocenters. The molecular weight excluding hydrogens is 212 g/mol. The van der Waals surface area contributed by atoms with E-state index in [0.29, 0.717) is 5.92 Å². The van der Waals surface area contributed by atoms with Gasteiger partial charge in [-0.1, -0.05) is 43.8 Å². The summed E-state index contributed by atoms with van der Waals surface area (Å²) in [4.78, 5) is 0. The zero-order valence-corrected chi connectivity index (χ0v) is 11.4. The van der Waals surface area contributed by atoms with Gasteiger partial charge in [-0.2, -0.15) is 0 Å². The van der Waals surface area contributed by atoms with Crippen molar-refractivity contribution < 1.29 is 4.43 Å². The standard InChI is InChI=1S/C14H20OSi/c1-5-9-13(2)12-15-16(3,4)14-10-7-6-8-11-14/h6-11,13H,1,12H2,2-4H3/t13-/m0/s1. The third kappa shape index (κ3) is 3.82. The van der Waals surface area contributed by atoms with Gasteiger partial charge in [0, 0.05) is 12.5 Å². The van der Waals surface area contributed by atoms with Crippen molar-refractivity contribution in [3.63, 3.8) is 0 Å². The average molecular weight is 232 g/mol. The van der Waals surface area contributed by atoms with Crippen molar-refractivity contribution in [1.29, 1.82) is 0 Å². The van der Waals surface area contributed by atoms with Gasteiger partial charge in [-0.3, -0.25) is 0 Å². The van der Waals surface area contributed by atoms with Crippen LogP contribution in [0.5, 0.6) is 0 Å². The monoisotopic (exact) mass is 232 g/mol. The van der Waals surface area contributed by atoms with Crippen LogP contribution < -0.4 is 5.19 Å². The molecule has 0 fully saturated rings. The van der Waals surface area contributed by atoms with E-state index in [2.05, 4.69) is 56.6 Å². The molecule has 0 aliphatic carbocycles. The van der Waals surface area contributed by atoms with Crippen LogP contribution in [0.3, 0.4) is 0 Å². The molecule has 0 saturated heterocycles. The van der Waals surface area contributed by atoms with Crippen LogP contribution in [-0.2, 0) is 4.43 Å². The van der Waals surface area contributed by atoms with Crippen LogP contribution in [0.1, 0.15) is 6.92 Å². The van der Waals surface area contributed by atoms with Crippen LogP contribution in [0.2, 0.25) is 13.1 Å². The Balaban J connectivity index is 2.62. The molecule has 0 aliphatic rings. The first-order valence-electron chi connectivity index (χ1n) is 5.61. The molecule has 0 bridgehead atoms. The minimum Gasteiger partial charge on any atom is -0.412 e. The fraction of sp³-hybridized carbons (Fsp3) is 0.357. The summed E-state index contributed by atoms with van der Waals surface area (Å²) in [7, 11) is -1.74. The third-order valence-corrected chi connectivity index (χ3v) is 5.19. The maximum Gasteiger partial charge on any atom is 0.218 e. The highest BCUT2D eigenvalue weighted by Crippen LogP contribution is 2.08. The lowest BCUT2D eigenvalue weighted by Crippen LogP contribution is -2.45. The second-order valence-electron chi connectivity index (χ2n) is 4.54. The second-order valence-corrected chi connectivity index (χ2v) is 8.42. The first-order chi connectivity index (χ1) is 7.56. The molecule has 1 aromatic rings. The van der Waals surface area contributed by atoms with Gasteiger partial charge in [0.25, 0.3) is 0 Å². The van der Waals surface area contributed by atoms with E-state index < -0.39 is 8.32 Å². The number of benzene rings is 1. The van der Waals surface area contributed by atoms with E-state index in [1.54, 1.807) is 0 Å². The molecule has 0 aliphatic heterocycles. The van der Waals surface area contributed by atoms with Crippen molar-refractivity contribution >= 4 is 13.5 Å². The van der Waals surface area contributed by atoms with Gasteiger partial charge in [-0.25, -0.2) is 0 Å². The quantitative estimate of drug-likeness (QED) is 0.560. The molecule has 0 amide bonds. The Kier molecular flexibility index (Phi) is 4.75. The van der Waals surface area contributed by atoms with Gasteiger partial charge in [0.15, 0.2) is 0 Å². The van der Waals surface area contributed by atoms with Crippen molar-refractivity contribution in [2.75, 3.05) is 6.61 Å². The zero-order chi connectivity index (χ0) is 12.0. The van der Waals surface area contributed by atoms with Crippen molar-refractivity contribution in [3.05, 3.63) is 48.7 Å². The van der Waals surface area contributed by atoms with Crippen LogP contribution >= 0.6 is 0 Å². The van der Waals surface area contributed by atoms with E-state index >= 15 is 0 Å². The number of hydrogen-bond acceptors (Lipinski definition) is 1. The summed E-state index contributed by atoms with van der Waals surface area (Å²) in [6.07, 6.45) is 1.95. The highest BCUT2D eigenvalue weighted by atomic mass is 28.4. The second kappa shape index (κ2) is 5.85. The van der Waals surface area contributed by atoms with Gasteiger partial charge < -0.3 is 4.43 Å². The summed E-state index contributed by atoms with van der Waals surface area (Å²) in [5.74, 6) is 0.382. The maximum atomic E-state index is 6.07. The van der Waals surface area contributed by atoms with Crippen molar-refractivity contribution in [3.8, 4) is 0 Å². The predicted octanol–water partition coefficient (Wildman–Crippen LogP) is 3.09. The molecule has 0 heterocycles. The van der Waals surface area contributed by atoms with Crippen molar-refractivity contribution in [2.24, 2.45) is 5.92 Å². The Morgan fingerprint density at radius 2 is 2.00 bits per heavy atom. The Bertz CT molecular complexity index is 364. The van der Waals surface area contributed by atoms with Crippen LogP contribution in [0.4, 0.5) is 0 Å². The lowest BCUT2D eigenvalue weighted by molar-refractivity contribution is 0.282. The van der Waals surface area contributed by atoms with E-state index in [0.717, 1.165) is 6.61 Å². The molecule has 1 nitrogen and oxygen atoms in total. The fourth-order valence-electron chi connectivity index (χ4n) is 1.51. The average Bonchev–Trinajstić information content (AvgIpc) is 2.28. The van der Waals surface area contributed by atoms with Gasteiger partial charge in [-0.15, -0.1) is 5.73 Å². The Morgan fingerprint density at radius 3 is 2.56 bits per heavy atom. The van der Waals surface area contributed by atoms with Crippen molar-refractivity contribution in [1.82, 2.24) is 0 Å². The minimum absolute atomic E-state index is 0.382. The molecule has 1 aromatic carbocycles. The van der Waals surface area contributed by atoms with Gasteiger partial charge in [0.2, 0.25) is 8.32 Å². The fourth-order valence-corrected chi connectivity index (χ4v) is 3.35. The SMILES string of the molecule is C=C=C[C@H](C)CO[Si](C)(C)c1ccccc1. The van der Waals surface area contributed by atoms with Gasteiger partial charge in [0.05, 0.1) is 0 Å². The topological polar surface area (TPSA) is 9.23 Å². The normalized spacial score (nSPS) is 12.9. The molecule has 16 heavy (non-hydrogen) atoms. The molecule has 0 N–H and O–H groups in total. The van der Waals surface area contributed by atoms with E-state index in [-0.39, 0.29) is 0 Å². The van der Waals surface area contributed by atoms with Gasteiger partial charge in [0.1, 0.15) is 0 Å². The van der Waals surface area contributed by atoms with E-state index in [1.807, 2.05) is 12.1 Å². The smallest absolute Gasteiger partial charge is 0.218 e. The molecule has 1 atom stereocenters. The van der Waals surface area contributed by atoms with Gasteiger partial charge >= 0.3 is 0 Å². The molecule has 2 heteroatoms. The summed E-state index contributed by atoms with van der Waals surface area (Å²) in [5, 5.41) is 1.34. The molecular formula is C14H20OSi. The first kappa shape index (κ1) is 13.0. The summed E-state index contributed by atoms with van der Waals surface area (Å²) < 4.78 is 6.07. The van der Waals surface area contributed by atoms with Gasteiger partial charge in [-0.05, 0) is 24.4 Å². The summed E-state index contributed by atoms with van der Waals surface area (Å²) in [6, 6.07) is 10.5. The van der Waals surface area contributed by atoms with E-state index in [1.165, 1.54) is 5.19 Å². The number of rotatable bonds is 5. The number of hydrogen-bond donors (Lipinski definition) is 0. The highest BCUT2D eigenvalue weighted by molar-refractivity contribution is 6.84. The Labute approximate surface area is 99.6 Å². The van der Waals surface area contributed by atoms with Crippen molar-refractivity contribution in [2.45, 2.75) is 20.0 Å². The highest BCUT2D eigenvalue weighted by Gasteiger charge is 2.25. The van der Waals surface area contributed by atoms with Crippen LogP contribution in [0, 0.1) is 5.92 Å². The first-order valence-corrected chi connectivity index (χ1v) is 8.52.